The van der Waals surface area contributed by atoms with Crippen LogP contribution in [0.1, 0.15) is 12.5 Å². The lowest BCUT2D eigenvalue weighted by atomic mass is 9.95. The minimum Gasteiger partial charge on any atom is -0.406 e. The topological polar surface area (TPSA) is 60.4 Å². The molecule has 0 radical (unpaired) electrons. The third kappa shape index (κ3) is 5.27. The number of anilines is 3. The smallest absolute Gasteiger partial charge is 0.406 e. The van der Waals surface area contributed by atoms with E-state index in [2.05, 4.69) is 32.0 Å². The molecule has 7 nitrogen and oxygen atoms in total. The average molecular weight is 476 g/mol. The Morgan fingerprint density at radius 1 is 1.06 bits per heavy atom. The number of nitrogens with one attached hydrogen (secondary N) is 1. The summed E-state index contributed by atoms with van der Waals surface area (Å²) in [6.07, 6.45) is -4.36. The number of amides is 1. The van der Waals surface area contributed by atoms with E-state index < -0.39 is 6.36 Å². The fraction of sp³-hybridized carbons (Fsp3) is 0.417. The SMILES string of the molecule is CNC(=O)C1=NN(c2ccc(N3CCN(C)CC3)cc2)c2cc(OC(F)(F)F)ccc2CC1C. The molecule has 0 bridgehead atoms. The molecule has 0 spiro atoms. The fourth-order valence-electron chi connectivity index (χ4n) is 4.26. The van der Waals surface area contributed by atoms with Gasteiger partial charge in [-0.2, -0.15) is 5.10 Å². The van der Waals surface area contributed by atoms with Gasteiger partial charge in [0, 0.05) is 50.9 Å². The largest absolute Gasteiger partial charge is 0.573 e. The lowest BCUT2D eigenvalue weighted by Gasteiger charge is -2.34. The number of halogens is 3. The minimum absolute atomic E-state index is 0.234. The molecule has 182 valence electrons. The highest BCUT2D eigenvalue weighted by Gasteiger charge is 2.33. The number of rotatable bonds is 4. The molecule has 2 aromatic carbocycles. The van der Waals surface area contributed by atoms with Gasteiger partial charge in [-0.1, -0.05) is 13.0 Å². The number of alkyl halides is 3. The van der Waals surface area contributed by atoms with Crippen LogP contribution in [-0.2, 0) is 11.2 Å². The predicted molar refractivity (Wildman–Crippen MR) is 126 cm³/mol. The van der Waals surface area contributed by atoms with Crippen molar-refractivity contribution in [3.8, 4) is 5.75 Å². The van der Waals surface area contributed by atoms with Crippen LogP contribution in [0.5, 0.6) is 5.75 Å². The maximum atomic E-state index is 12.9. The van der Waals surface area contributed by atoms with Gasteiger partial charge in [-0.05, 0) is 49.4 Å². The van der Waals surface area contributed by atoms with E-state index in [1.165, 1.54) is 24.2 Å². The molecule has 1 amide bonds. The van der Waals surface area contributed by atoms with Gasteiger partial charge in [-0.25, -0.2) is 5.01 Å². The van der Waals surface area contributed by atoms with Crippen LogP contribution >= 0.6 is 0 Å². The highest BCUT2D eigenvalue weighted by atomic mass is 19.4. The van der Waals surface area contributed by atoms with E-state index in [9.17, 15) is 18.0 Å². The van der Waals surface area contributed by atoms with Gasteiger partial charge in [-0.15, -0.1) is 13.2 Å². The molecule has 1 fully saturated rings. The second-order valence-corrected chi connectivity index (χ2v) is 8.63. The van der Waals surface area contributed by atoms with Crippen molar-refractivity contribution >= 4 is 28.7 Å². The van der Waals surface area contributed by atoms with Crippen molar-refractivity contribution in [1.29, 1.82) is 0 Å². The maximum Gasteiger partial charge on any atom is 0.573 e. The monoisotopic (exact) mass is 475 g/mol. The molecular weight excluding hydrogens is 447 g/mol. The van der Waals surface area contributed by atoms with Crippen LogP contribution < -0.4 is 20.0 Å². The summed E-state index contributed by atoms with van der Waals surface area (Å²) in [6.45, 7) is 5.65. The number of hydrazone groups is 1. The number of likely N-dealkylation sites (N-methyl/N-ethyl adjacent to an activating group) is 1. The van der Waals surface area contributed by atoms with Crippen LogP contribution in [0.15, 0.2) is 47.6 Å². The highest BCUT2D eigenvalue weighted by molar-refractivity contribution is 6.39. The molecule has 2 heterocycles. The lowest BCUT2D eigenvalue weighted by Crippen LogP contribution is -2.44. The van der Waals surface area contributed by atoms with Gasteiger partial charge in [0.15, 0.2) is 0 Å². The molecule has 0 aliphatic carbocycles. The number of benzene rings is 2. The van der Waals surface area contributed by atoms with Crippen LogP contribution in [0.3, 0.4) is 0 Å². The van der Waals surface area contributed by atoms with Gasteiger partial charge < -0.3 is 19.9 Å². The van der Waals surface area contributed by atoms with E-state index in [4.69, 9.17) is 0 Å². The van der Waals surface area contributed by atoms with Crippen LogP contribution in [0.4, 0.5) is 30.2 Å². The first-order chi connectivity index (χ1) is 16.1. The number of carbonyl (C=O) groups excluding carboxylic acids is 1. The summed E-state index contributed by atoms with van der Waals surface area (Å²) < 4.78 is 42.8. The van der Waals surface area contributed by atoms with Crippen LogP contribution in [0.2, 0.25) is 0 Å². The number of hydrogen-bond acceptors (Lipinski definition) is 6. The van der Waals surface area contributed by atoms with Gasteiger partial charge in [-0.3, -0.25) is 4.79 Å². The molecule has 1 N–H and O–H groups in total. The Morgan fingerprint density at radius 3 is 2.32 bits per heavy atom. The maximum absolute atomic E-state index is 12.9. The third-order valence-corrected chi connectivity index (χ3v) is 6.14. The molecule has 0 aromatic heterocycles. The summed E-state index contributed by atoms with van der Waals surface area (Å²) in [5.74, 6) is -0.898. The Hall–Kier alpha value is -3.27. The molecule has 2 aliphatic rings. The van der Waals surface area contributed by atoms with Gasteiger partial charge >= 0.3 is 6.36 Å². The van der Waals surface area contributed by atoms with E-state index in [0.29, 0.717) is 23.5 Å². The van der Waals surface area contributed by atoms with Crippen LogP contribution in [-0.4, -0.2) is 63.2 Å². The summed E-state index contributed by atoms with van der Waals surface area (Å²) in [5, 5.41) is 8.75. The Balaban J connectivity index is 1.74. The molecule has 4 rings (SSSR count). The number of piperazine rings is 1. The molecular formula is C24H28F3N5O2. The zero-order chi connectivity index (χ0) is 24.5. The number of carbonyl (C=O) groups is 1. The second-order valence-electron chi connectivity index (χ2n) is 8.63. The number of nitrogens with zero attached hydrogens (tertiary/aromatic N) is 4. The Morgan fingerprint density at radius 2 is 1.71 bits per heavy atom. The Labute approximate surface area is 196 Å². The zero-order valence-corrected chi connectivity index (χ0v) is 19.4. The number of hydrogen-bond donors (Lipinski definition) is 1. The summed E-state index contributed by atoms with van der Waals surface area (Å²) in [7, 11) is 3.62. The van der Waals surface area contributed by atoms with Crippen molar-refractivity contribution in [2.24, 2.45) is 11.0 Å². The summed E-state index contributed by atoms with van der Waals surface area (Å²) >= 11 is 0. The van der Waals surface area contributed by atoms with Gasteiger partial charge in [0.05, 0.1) is 11.4 Å². The molecule has 1 unspecified atom stereocenters. The standard InChI is InChI=1S/C24H28F3N5O2/c1-16-14-17-4-9-20(34-24(25,26)27)15-21(17)32(29-22(16)23(33)28-2)19-7-5-18(6-8-19)31-12-10-30(3)11-13-31/h4-9,15-16H,10-14H2,1-3H3,(H,28,33). The second kappa shape index (κ2) is 9.54. The summed E-state index contributed by atoms with van der Waals surface area (Å²) in [6, 6.07) is 11.9. The van der Waals surface area contributed by atoms with Crippen molar-refractivity contribution in [2.75, 3.05) is 50.2 Å². The van der Waals surface area contributed by atoms with E-state index in [0.717, 1.165) is 37.4 Å². The highest BCUT2D eigenvalue weighted by Crippen LogP contribution is 2.38. The predicted octanol–water partition coefficient (Wildman–Crippen LogP) is 3.77. The molecule has 1 saturated heterocycles. The van der Waals surface area contributed by atoms with Gasteiger partial charge in [0.2, 0.25) is 0 Å². The molecule has 34 heavy (non-hydrogen) atoms. The minimum atomic E-state index is -4.81. The zero-order valence-electron chi connectivity index (χ0n) is 19.4. The van der Waals surface area contributed by atoms with Gasteiger partial charge in [0.1, 0.15) is 11.5 Å². The van der Waals surface area contributed by atoms with Crippen molar-refractivity contribution in [1.82, 2.24) is 10.2 Å². The first kappa shape index (κ1) is 23.9. The summed E-state index contributed by atoms with van der Waals surface area (Å²) in [5.41, 5.74) is 3.22. The van der Waals surface area contributed by atoms with Crippen molar-refractivity contribution in [2.45, 2.75) is 19.7 Å². The molecule has 10 heteroatoms. The third-order valence-electron chi connectivity index (χ3n) is 6.14. The molecule has 2 aliphatic heterocycles. The van der Waals surface area contributed by atoms with Crippen LogP contribution in [0, 0.1) is 5.92 Å². The molecule has 0 saturated carbocycles. The normalized spacial score (nSPS) is 19.2. The number of ether oxygens (including phenoxy) is 1. The van der Waals surface area contributed by atoms with E-state index in [-0.39, 0.29) is 17.6 Å². The fourth-order valence-corrected chi connectivity index (χ4v) is 4.26. The van der Waals surface area contributed by atoms with Crippen molar-refractivity contribution < 1.29 is 22.7 Å². The van der Waals surface area contributed by atoms with Crippen molar-refractivity contribution in [3.63, 3.8) is 0 Å². The average Bonchev–Trinajstić information content (AvgIpc) is 2.94. The quantitative estimate of drug-likeness (QED) is 0.730. The Bertz CT molecular complexity index is 1060. The van der Waals surface area contributed by atoms with E-state index in [1.54, 1.807) is 6.07 Å². The molecule has 2 aromatic rings. The Kier molecular flexibility index (Phi) is 6.70. The van der Waals surface area contributed by atoms with Gasteiger partial charge in [0.25, 0.3) is 5.91 Å². The van der Waals surface area contributed by atoms with E-state index >= 15 is 0 Å². The molecule has 1 atom stereocenters. The summed E-state index contributed by atoms with van der Waals surface area (Å²) in [4.78, 5) is 17.1. The van der Waals surface area contributed by atoms with Crippen LogP contribution in [0.25, 0.3) is 0 Å². The number of fused-ring (bicyclic) bond motifs is 1. The lowest BCUT2D eigenvalue weighted by molar-refractivity contribution is -0.274. The van der Waals surface area contributed by atoms with Crippen molar-refractivity contribution in [3.05, 3.63) is 48.0 Å². The first-order valence-corrected chi connectivity index (χ1v) is 11.2. The first-order valence-electron chi connectivity index (χ1n) is 11.2. The van der Waals surface area contributed by atoms with E-state index in [1.807, 2.05) is 31.2 Å².